The van der Waals surface area contributed by atoms with Crippen molar-refractivity contribution in [3.8, 4) is 11.5 Å². The SMILES string of the molecule is COc1ccc2c(c1)C(=O)CC(C)(CCC(=O)O)O2. The van der Waals surface area contributed by atoms with Gasteiger partial charge in [-0.3, -0.25) is 9.59 Å². The molecule has 0 saturated carbocycles. The van der Waals surface area contributed by atoms with Gasteiger partial charge >= 0.3 is 5.97 Å². The van der Waals surface area contributed by atoms with Gasteiger partial charge in [-0.25, -0.2) is 0 Å². The van der Waals surface area contributed by atoms with E-state index in [1.165, 1.54) is 7.11 Å². The average Bonchev–Trinajstić information content (AvgIpc) is 2.36. The number of Topliss-reactive ketones (excluding diaryl/α,β-unsaturated/α-hetero) is 1. The largest absolute Gasteiger partial charge is 0.497 e. The van der Waals surface area contributed by atoms with Gasteiger partial charge in [0.15, 0.2) is 5.78 Å². The van der Waals surface area contributed by atoms with E-state index in [0.29, 0.717) is 23.5 Å². The molecule has 1 N–H and O–H groups in total. The minimum Gasteiger partial charge on any atom is -0.497 e. The third-order valence-electron chi connectivity index (χ3n) is 3.25. The Balaban J connectivity index is 2.24. The van der Waals surface area contributed by atoms with Gasteiger partial charge in [-0.05, 0) is 31.5 Å². The van der Waals surface area contributed by atoms with Gasteiger partial charge in [0.05, 0.1) is 19.1 Å². The van der Waals surface area contributed by atoms with Gasteiger partial charge in [0, 0.05) is 6.42 Å². The van der Waals surface area contributed by atoms with Crippen LogP contribution in [0.4, 0.5) is 0 Å². The van der Waals surface area contributed by atoms with Crippen molar-refractivity contribution in [2.75, 3.05) is 7.11 Å². The molecular weight excluding hydrogens is 248 g/mol. The normalized spacial score (nSPS) is 21.5. The molecule has 1 aliphatic heterocycles. The molecule has 0 aliphatic carbocycles. The fourth-order valence-electron chi connectivity index (χ4n) is 2.19. The van der Waals surface area contributed by atoms with Crippen LogP contribution < -0.4 is 9.47 Å². The Morgan fingerprint density at radius 1 is 1.53 bits per heavy atom. The summed E-state index contributed by atoms with van der Waals surface area (Å²) in [6.07, 6.45) is 0.468. The van der Waals surface area contributed by atoms with E-state index in [2.05, 4.69) is 0 Å². The van der Waals surface area contributed by atoms with Crippen molar-refractivity contribution in [2.45, 2.75) is 31.8 Å². The number of benzene rings is 1. The lowest BCUT2D eigenvalue weighted by Gasteiger charge is -2.34. The smallest absolute Gasteiger partial charge is 0.303 e. The van der Waals surface area contributed by atoms with E-state index in [1.807, 2.05) is 0 Å². The Kier molecular flexibility index (Phi) is 3.46. The van der Waals surface area contributed by atoms with Crippen molar-refractivity contribution in [1.82, 2.24) is 0 Å². The van der Waals surface area contributed by atoms with Crippen LogP contribution in [0.3, 0.4) is 0 Å². The summed E-state index contributed by atoms with van der Waals surface area (Å²) in [7, 11) is 1.53. The fourth-order valence-corrected chi connectivity index (χ4v) is 2.19. The topological polar surface area (TPSA) is 72.8 Å². The zero-order valence-corrected chi connectivity index (χ0v) is 10.9. The number of carboxylic acid groups (broad SMARTS) is 1. The average molecular weight is 264 g/mol. The summed E-state index contributed by atoms with van der Waals surface area (Å²) >= 11 is 0. The van der Waals surface area contributed by atoms with Crippen molar-refractivity contribution in [2.24, 2.45) is 0 Å². The highest BCUT2D eigenvalue weighted by Gasteiger charge is 2.36. The minimum atomic E-state index is -0.891. The molecule has 1 atom stereocenters. The van der Waals surface area contributed by atoms with Crippen LogP contribution >= 0.6 is 0 Å². The number of ether oxygens (including phenoxy) is 2. The minimum absolute atomic E-state index is 0.0186. The van der Waals surface area contributed by atoms with E-state index in [1.54, 1.807) is 25.1 Å². The molecule has 1 aromatic rings. The number of aliphatic carboxylic acids is 1. The first-order valence-electron chi connectivity index (χ1n) is 6.05. The number of carboxylic acids is 1. The van der Waals surface area contributed by atoms with Gasteiger partial charge in [-0.1, -0.05) is 0 Å². The molecule has 0 aromatic heterocycles. The van der Waals surface area contributed by atoms with E-state index in [9.17, 15) is 9.59 Å². The van der Waals surface area contributed by atoms with Gasteiger partial charge in [0.25, 0.3) is 0 Å². The standard InChI is InChI=1S/C14H16O5/c1-14(6-5-13(16)17)8-11(15)10-7-9(18-2)3-4-12(10)19-14/h3-4,7H,5-6,8H2,1-2H3,(H,16,17). The van der Waals surface area contributed by atoms with E-state index < -0.39 is 11.6 Å². The number of methoxy groups -OCH3 is 1. The van der Waals surface area contributed by atoms with Crippen LogP contribution in [-0.2, 0) is 4.79 Å². The summed E-state index contributed by atoms with van der Waals surface area (Å²) in [5, 5.41) is 8.73. The first-order chi connectivity index (χ1) is 8.93. The van der Waals surface area contributed by atoms with Gasteiger partial charge in [0.2, 0.25) is 0 Å². The van der Waals surface area contributed by atoms with Crippen LogP contribution in [0.5, 0.6) is 11.5 Å². The lowest BCUT2D eigenvalue weighted by atomic mass is 9.88. The first kappa shape index (κ1) is 13.4. The van der Waals surface area contributed by atoms with Crippen LogP contribution in [0.25, 0.3) is 0 Å². The number of carbonyl (C=O) groups excluding carboxylic acids is 1. The van der Waals surface area contributed by atoms with Crippen molar-refractivity contribution in [3.63, 3.8) is 0 Å². The van der Waals surface area contributed by atoms with Crippen LogP contribution in [0.1, 0.15) is 36.5 Å². The number of hydrogen-bond donors (Lipinski definition) is 1. The number of rotatable bonds is 4. The van der Waals surface area contributed by atoms with E-state index in [0.717, 1.165) is 0 Å². The summed E-state index contributed by atoms with van der Waals surface area (Å²) in [5.74, 6) is 0.153. The highest BCUT2D eigenvalue weighted by molar-refractivity contribution is 6.00. The van der Waals surface area contributed by atoms with Gasteiger partial charge in [0.1, 0.15) is 17.1 Å². The summed E-state index contributed by atoms with van der Waals surface area (Å²) in [4.78, 5) is 22.8. The molecule has 1 unspecified atom stereocenters. The highest BCUT2D eigenvalue weighted by atomic mass is 16.5. The predicted molar refractivity (Wildman–Crippen MR) is 67.8 cm³/mol. The lowest BCUT2D eigenvalue weighted by Crippen LogP contribution is -2.39. The molecular formula is C14H16O5. The van der Waals surface area contributed by atoms with Crippen LogP contribution in [0.2, 0.25) is 0 Å². The van der Waals surface area contributed by atoms with E-state index in [4.69, 9.17) is 14.6 Å². The second-order valence-electron chi connectivity index (χ2n) is 4.91. The number of ketones is 1. The molecule has 0 saturated heterocycles. The Bertz CT molecular complexity index is 523. The second-order valence-corrected chi connectivity index (χ2v) is 4.91. The quantitative estimate of drug-likeness (QED) is 0.903. The van der Waals surface area contributed by atoms with E-state index in [-0.39, 0.29) is 18.6 Å². The molecule has 1 aromatic carbocycles. The number of hydrogen-bond acceptors (Lipinski definition) is 4. The molecule has 19 heavy (non-hydrogen) atoms. The molecule has 2 rings (SSSR count). The van der Waals surface area contributed by atoms with Crippen LogP contribution in [-0.4, -0.2) is 29.6 Å². The Labute approximate surface area is 111 Å². The molecule has 0 fully saturated rings. The maximum Gasteiger partial charge on any atom is 0.303 e. The predicted octanol–water partition coefficient (Wildman–Crippen LogP) is 2.28. The Morgan fingerprint density at radius 3 is 2.89 bits per heavy atom. The zero-order valence-electron chi connectivity index (χ0n) is 10.9. The summed E-state index contributed by atoms with van der Waals surface area (Å²) < 4.78 is 10.9. The van der Waals surface area contributed by atoms with Gasteiger partial charge in [-0.15, -0.1) is 0 Å². The number of fused-ring (bicyclic) bond motifs is 1. The molecule has 0 amide bonds. The summed E-state index contributed by atoms with van der Waals surface area (Å²) in [6, 6.07) is 5.05. The zero-order chi connectivity index (χ0) is 14.0. The monoisotopic (exact) mass is 264 g/mol. The second kappa shape index (κ2) is 4.91. The van der Waals surface area contributed by atoms with Crippen molar-refractivity contribution >= 4 is 11.8 Å². The van der Waals surface area contributed by atoms with E-state index >= 15 is 0 Å². The summed E-state index contributed by atoms with van der Waals surface area (Å²) in [5.41, 5.74) is -0.260. The van der Waals surface area contributed by atoms with Crippen molar-refractivity contribution < 1.29 is 24.2 Å². The molecule has 5 heteroatoms. The molecule has 0 radical (unpaired) electrons. The molecule has 1 aliphatic rings. The summed E-state index contributed by atoms with van der Waals surface area (Å²) in [6.45, 7) is 1.76. The third-order valence-corrected chi connectivity index (χ3v) is 3.25. The Morgan fingerprint density at radius 2 is 2.26 bits per heavy atom. The highest BCUT2D eigenvalue weighted by Crippen LogP contribution is 2.37. The maximum atomic E-state index is 12.1. The third kappa shape index (κ3) is 2.86. The molecule has 5 nitrogen and oxygen atoms in total. The lowest BCUT2D eigenvalue weighted by molar-refractivity contribution is -0.138. The molecule has 102 valence electrons. The molecule has 0 bridgehead atoms. The Hall–Kier alpha value is -2.04. The molecule has 0 spiro atoms. The van der Waals surface area contributed by atoms with Gasteiger partial charge in [-0.2, -0.15) is 0 Å². The van der Waals surface area contributed by atoms with Gasteiger partial charge < -0.3 is 14.6 Å². The van der Waals surface area contributed by atoms with Crippen LogP contribution in [0.15, 0.2) is 18.2 Å². The van der Waals surface area contributed by atoms with Crippen molar-refractivity contribution in [1.29, 1.82) is 0 Å². The maximum absolute atomic E-state index is 12.1. The number of carbonyl (C=O) groups is 2. The van der Waals surface area contributed by atoms with Crippen molar-refractivity contribution in [3.05, 3.63) is 23.8 Å². The van der Waals surface area contributed by atoms with Crippen LogP contribution in [0, 0.1) is 0 Å². The fraction of sp³-hybridized carbons (Fsp3) is 0.429. The molecule has 1 heterocycles. The first-order valence-corrected chi connectivity index (χ1v) is 6.05.